The molecule has 10 heteroatoms. The zero-order valence-electron chi connectivity index (χ0n) is 18.3. The van der Waals surface area contributed by atoms with E-state index in [1.54, 1.807) is 16.9 Å². The van der Waals surface area contributed by atoms with E-state index in [-0.39, 0.29) is 12.5 Å². The largest absolute Gasteiger partial charge is 0.468 e. The molecule has 1 saturated heterocycles. The zero-order chi connectivity index (χ0) is 22.6. The summed E-state index contributed by atoms with van der Waals surface area (Å²) < 4.78 is 13.3. The van der Waals surface area contributed by atoms with Gasteiger partial charge in [0, 0.05) is 37.6 Å². The molecule has 0 radical (unpaired) electrons. The van der Waals surface area contributed by atoms with Crippen molar-refractivity contribution in [1.29, 1.82) is 0 Å². The first-order valence-corrected chi connectivity index (χ1v) is 10.8. The van der Waals surface area contributed by atoms with Crippen LogP contribution in [-0.4, -0.2) is 68.7 Å². The minimum atomic E-state index is -0.365. The number of hydrogen-bond donors (Lipinski definition) is 1. The number of nitrogens with zero attached hydrogens (tertiary/aromatic N) is 6. The Morgan fingerprint density at radius 2 is 2.00 bits per heavy atom. The molecule has 1 aliphatic heterocycles. The first kappa shape index (κ1) is 21.1. The molecule has 1 aromatic carbocycles. The third-order valence-corrected chi connectivity index (χ3v) is 5.55. The molecule has 0 saturated carbocycles. The van der Waals surface area contributed by atoms with Crippen LogP contribution in [0.5, 0.6) is 0 Å². The molecular weight excluding hydrogens is 422 g/mol. The van der Waals surface area contributed by atoms with Crippen LogP contribution in [0, 0.1) is 0 Å². The van der Waals surface area contributed by atoms with Crippen molar-refractivity contribution < 1.29 is 14.3 Å². The summed E-state index contributed by atoms with van der Waals surface area (Å²) in [6.45, 7) is 4.51. The van der Waals surface area contributed by atoms with E-state index in [0.29, 0.717) is 11.6 Å². The van der Waals surface area contributed by atoms with Gasteiger partial charge in [0.25, 0.3) is 0 Å². The fraction of sp³-hybridized carbons (Fsp3) is 0.304. The maximum Gasteiger partial charge on any atom is 0.327 e. The second-order valence-electron chi connectivity index (χ2n) is 7.84. The lowest BCUT2D eigenvalue weighted by atomic mass is 10.0. The highest BCUT2D eigenvalue weighted by Crippen LogP contribution is 2.25. The Balaban J connectivity index is 1.33. The topological polar surface area (TPSA) is 98.8 Å². The van der Waals surface area contributed by atoms with Crippen molar-refractivity contribution in [1.82, 2.24) is 29.3 Å². The number of rotatable bonds is 7. The van der Waals surface area contributed by atoms with Crippen molar-refractivity contribution in [3.05, 3.63) is 60.6 Å². The summed E-state index contributed by atoms with van der Waals surface area (Å²) in [5, 5.41) is 11.8. The zero-order valence-corrected chi connectivity index (χ0v) is 18.3. The van der Waals surface area contributed by atoms with E-state index < -0.39 is 0 Å². The van der Waals surface area contributed by atoms with Crippen molar-refractivity contribution in [2.24, 2.45) is 0 Å². The third kappa shape index (κ3) is 4.86. The Hall–Kier alpha value is -3.76. The van der Waals surface area contributed by atoms with E-state index in [4.69, 9.17) is 4.74 Å². The molecule has 4 aromatic rings. The summed E-state index contributed by atoms with van der Waals surface area (Å²) in [7, 11) is 1.35. The average Bonchev–Trinajstić information content (AvgIpc) is 3.46. The van der Waals surface area contributed by atoms with Gasteiger partial charge in [-0.1, -0.05) is 24.3 Å². The molecule has 10 nitrogen and oxygen atoms in total. The second kappa shape index (κ2) is 9.39. The van der Waals surface area contributed by atoms with Gasteiger partial charge in [-0.25, -0.2) is 4.52 Å². The maximum atomic E-state index is 11.4. The molecule has 0 aliphatic carbocycles. The van der Waals surface area contributed by atoms with E-state index >= 15 is 0 Å². The normalized spacial score (nSPS) is 14.5. The van der Waals surface area contributed by atoms with E-state index in [0.717, 1.165) is 49.6 Å². The molecule has 33 heavy (non-hydrogen) atoms. The summed E-state index contributed by atoms with van der Waals surface area (Å²) in [5.74, 6) is 0.0834. The molecular formula is C23H25N7O3. The number of morpholine rings is 1. The lowest BCUT2D eigenvalue weighted by molar-refractivity contribution is -0.141. The van der Waals surface area contributed by atoms with Gasteiger partial charge in [0.2, 0.25) is 5.95 Å². The maximum absolute atomic E-state index is 11.4. The summed E-state index contributed by atoms with van der Waals surface area (Å²) >= 11 is 0. The van der Waals surface area contributed by atoms with E-state index in [1.165, 1.54) is 17.4 Å². The summed E-state index contributed by atoms with van der Waals surface area (Å²) in [6, 6.07) is 12.6. The van der Waals surface area contributed by atoms with Crippen molar-refractivity contribution in [3.63, 3.8) is 0 Å². The Labute approximate surface area is 190 Å². The van der Waals surface area contributed by atoms with Crippen molar-refractivity contribution in [2.45, 2.75) is 13.1 Å². The average molecular weight is 447 g/mol. The molecule has 0 atom stereocenters. The van der Waals surface area contributed by atoms with Crippen molar-refractivity contribution >= 4 is 23.3 Å². The number of fused-ring (bicyclic) bond motifs is 1. The molecule has 1 fully saturated rings. The smallest absolute Gasteiger partial charge is 0.327 e. The number of methoxy groups -OCH3 is 1. The van der Waals surface area contributed by atoms with Gasteiger partial charge < -0.3 is 14.8 Å². The molecule has 0 amide bonds. The number of anilines is 2. The number of ether oxygens (including phenoxy) is 2. The number of aromatic nitrogens is 5. The minimum absolute atomic E-state index is 0.0441. The number of carbonyl (C=O) groups is 1. The minimum Gasteiger partial charge on any atom is -0.468 e. The van der Waals surface area contributed by atoms with Crippen LogP contribution >= 0.6 is 0 Å². The molecule has 0 bridgehead atoms. The highest BCUT2D eigenvalue weighted by molar-refractivity contribution is 5.78. The van der Waals surface area contributed by atoms with Crippen LogP contribution in [0.25, 0.3) is 16.8 Å². The highest BCUT2D eigenvalue weighted by Gasteiger charge is 2.13. The van der Waals surface area contributed by atoms with Gasteiger partial charge in [-0.05, 0) is 23.3 Å². The van der Waals surface area contributed by atoms with Crippen LogP contribution in [0.2, 0.25) is 0 Å². The molecule has 3 aromatic heterocycles. The van der Waals surface area contributed by atoms with Gasteiger partial charge in [0.1, 0.15) is 6.54 Å². The number of pyridine rings is 1. The predicted octanol–water partition coefficient (Wildman–Crippen LogP) is 2.34. The monoisotopic (exact) mass is 447 g/mol. The van der Waals surface area contributed by atoms with Gasteiger partial charge >= 0.3 is 5.97 Å². The van der Waals surface area contributed by atoms with Crippen molar-refractivity contribution in [2.75, 3.05) is 38.7 Å². The predicted molar refractivity (Wildman–Crippen MR) is 122 cm³/mol. The number of esters is 1. The Kier molecular flexibility index (Phi) is 6.01. The van der Waals surface area contributed by atoms with Crippen LogP contribution in [0.4, 0.5) is 11.6 Å². The Morgan fingerprint density at radius 3 is 2.79 bits per heavy atom. The number of carbonyl (C=O) groups excluding carboxylic acids is 1. The Morgan fingerprint density at radius 1 is 1.18 bits per heavy atom. The molecule has 1 aliphatic rings. The van der Waals surface area contributed by atoms with Gasteiger partial charge in [0.15, 0.2) is 5.65 Å². The molecule has 4 heterocycles. The van der Waals surface area contributed by atoms with Gasteiger partial charge in [-0.15, -0.1) is 5.10 Å². The van der Waals surface area contributed by atoms with E-state index in [2.05, 4.69) is 54.4 Å². The fourth-order valence-electron chi connectivity index (χ4n) is 3.83. The van der Waals surface area contributed by atoms with Crippen LogP contribution < -0.4 is 5.32 Å². The number of hydrogen-bond acceptors (Lipinski definition) is 8. The summed E-state index contributed by atoms with van der Waals surface area (Å²) in [4.78, 5) is 18.5. The first-order valence-electron chi connectivity index (χ1n) is 10.8. The van der Waals surface area contributed by atoms with Gasteiger partial charge in [-0.2, -0.15) is 10.1 Å². The lowest BCUT2D eigenvalue weighted by Crippen LogP contribution is -2.35. The standard InChI is InChI=1S/C23H25N7O3/c1-32-21(31)16-29-15-19(13-24-29)25-23-26-22-20(3-2-8-30(22)27-23)18-6-4-17(5-7-18)14-28-9-11-33-12-10-28/h2-8,13,15H,9-12,14,16H2,1H3,(H,25,27). The van der Waals surface area contributed by atoms with Crippen LogP contribution in [0.15, 0.2) is 55.0 Å². The van der Waals surface area contributed by atoms with Crippen molar-refractivity contribution in [3.8, 4) is 11.1 Å². The van der Waals surface area contributed by atoms with E-state index in [9.17, 15) is 4.79 Å². The van der Waals surface area contributed by atoms with Gasteiger partial charge in [0.05, 0.1) is 32.2 Å². The van der Waals surface area contributed by atoms with Crippen LogP contribution in [0.3, 0.4) is 0 Å². The molecule has 0 spiro atoms. The highest BCUT2D eigenvalue weighted by atomic mass is 16.5. The Bertz CT molecular complexity index is 1240. The molecule has 5 rings (SSSR count). The SMILES string of the molecule is COC(=O)Cn1cc(Nc2nc3c(-c4ccc(CN5CCOCC5)cc4)cccn3n2)cn1. The quantitative estimate of drug-likeness (QED) is 0.431. The second-order valence-corrected chi connectivity index (χ2v) is 7.84. The van der Waals surface area contributed by atoms with Crippen LogP contribution in [0.1, 0.15) is 5.56 Å². The number of nitrogens with one attached hydrogen (secondary N) is 1. The summed E-state index contributed by atoms with van der Waals surface area (Å²) in [6.07, 6.45) is 5.18. The lowest BCUT2D eigenvalue weighted by Gasteiger charge is -2.26. The van der Waals surface area contributed by atoms with E-state index in [1.807, 2.05) is 18.3 Å². The van der Waals surface area contributed by atoms with Gasteiger partial charge in [-0.3, -0.25) is 14.4 Å². The fourth-order valence-corrected chi connectivity index (χ4v) is 3.83. The number of benzene rings is 1. The third-order valence-electron chi connectivity index (χ3n) is 5.55. The first-order chi connectivity index (χ1) is 16.2. The molecule has 0 unspecified atom stereocenters. The summed E-state index contributed by atoms with van der Waals surface area (Å²) in [5.41, 5.74) is 4.79. The molecule has 170 valence electrons. The molecule has 1 N–H and O–H groups in total. The van der Waals surface area contributed by atoms with Crippen LogP contribution in [-0.2, 0) is 27.4 Å².